The number of benzene rings is 1. The molecule has 2 aliphatic rings. The first-order valence-corrected chi connectivity index (χ1v) is 7.28. The maximum Gasteiger partial charge on any atom is 0.247 e. The van der Waals surface area contributed by atoms with Crippen LogP contribution in [-0.2, 0) is 4.79 Å². The summed E-state index contributed by atoms with van der Waals surface area (Å²) in [7, 11) is 0. The van der Waals surface area contributed by atoms with E-state index >= 15 is 0 Å². The second kappa shape index (κ2) is 4.63. The summed E-state index contributed by atoms with van der Waals surface area (Å²) in [5, 5.41) is 0. The summed E-state index contributed by atoms with van der Waals surface area (Å²) in [5.41, 5.74) is 0.271. The Balaban J connectivity index is 1.96. The van der Waals surface area contributed by atoms with Crippen LogP contribution in [0, 0.1) is 5.41 Å². The van der Waals surface area contributed by atoms with E-state index in [4.69, 9.17) is 0 Å². The number of nitrogens with zero attached hydrogens (tertiary/aromatic N) is 2. The Morgan fingerprint density at radius 2 is 1.68 bits per heavy atom. The topological polar surface area (TPSA) is 50.3 Å². The molecule has 0 unspecified atom stereocenters. The third-order valence-electron chi connectivity index (χ3n) is 4.40. The zero-order valence-electron chi connectivity index (χ0n) is 11.9. The molecule has 4 rings (SSSR count). The molecule has 0 N–H and O–H groups in total. The van der Waals surface area contributed by atoms with Crippen molar-refractivity contribution in [3.8, 4) is 0 Å². The lowest BCUT2D eigenvalue weighted by atomic mass is 9.74. The minimum atomic E-state index is -0.994. The Morgan fingerprint density at radius 1 is 0.955 bits per heavy atom. The van der Waals surface area contributed by atoms with Crippen LogP contribution in [0.5, 0.6) is 0 Å². The third-order valence-corrected chi connectivity index (χ3v) is 4.40. The summed E-state index contributed by atoms with van der Waals surface area (Å²) >= 11 is 0. The second-order valence-electron chi connectivity index (χ2n) is 5.64. The van der Waals surface area contributed by atoms with Crippen molar-refractivity contribution in [1.82, 2.24) is 4.98 Å². The average molecular weight is 290 g/mol. The van der Waals surface area contributed by atoms with Gasteiger partial charge in [0, 0.05) is 6.20 Å². The molecule has 0 bridgehead atoms. The first-order chi connectivity index (χ1) is 10.7. The summed E-state index contributed by atoms with van der Waals surface area (Å²) in [6.45, 7) is 0. The van der Waals surface area contributed by atoms with Crippen LogP contribution in [0.1, 0.15) is 23.2 Å². The van der Waals surface area contributed by atoms with E-state index in [1.165, 1.54) is 0 Å². The molecular weight excluding hydrogens is 276 g/mol. The highest BCUT2D eigenvalue weighted by Gasteiger charge is 2.53. The van der Waals surface area contributed by atoms with E-state index in [1.54, 1.807) is 23.2 Å². The number of hydrogen-bond donors (Lipinski definition) is 0. The molecule has 22 heavy (non-hydrogen) atoms. The lowest BCUT2D eigenvalue weighted by Crippen LogP contribution is -2.50. The third kappa shape index (κ3) is 1.61. The van der Waals surface area contributed by atoms with E-state index in [-0.39, 0.29) is 11.7 Å². The number of hydrogen-bond acceptors (Lipinski definition) is 3. The number of Topliss-reactive ketones (excluding diaryl/α,β-unsaturated/α-hetero) is 1. The van der Waals surface area contributed by atoms with E-state index in [2.05, 4.69) is 4.98 Å². The summed E-state index contributed by atoms with van der Waals surface area (Å²) in [4.78, 5) is 31.9. The van der Waals surface area contributed by atoms with Crippen molar-refractivity contribution < 1.29 is 9.59 Å². The van der Waals surface area contributed by atoms with Crippen molar-refractivity contribution in [2.45, 2.75) is 12.8 Å². The maximum absolute atomic E-state index is 13.1. The van der Waals surface area contributed by atoms with Crippen LogP contribution in [0.15, 0.2) is 60.8 Å². The van der Waals surface area contributed by atoms with Gasteiger partial charge in [-0.05, 0) is 37.1 Å². The first kappa shape index (κ1) is 13.0. The molecule has 0 saturated carbocycles. The predicted octanol–water partition coefficient (Wildman–Crippen LogP) is 3.28. The van der Waals surface area contributed by atoms with Gasteiger partial charge >= 0.3 is 0 Å². The van der Waals surface area contributed by atoms with Crippen LogP contribution in [0.3, 0.4) is 0 Å². The fourth-order valence-corrected chi connectivity index (χ4v) is 3.25. The molecule has 4 nitrogen and oxygen atoms in total. The van der Waals surface area contributed by atoms with Gasteiger partial charge in [0.15, 0.2) is 11.6 Å². The normalized spacial score (nSPS) is 18.8. The van der Waals surface area contributed by atoms with Crippen LogP contribution in [0.4, 0.5) is 11.5 Å². The highest BCUT2D eigenvalue weighted by atomic mass is 16.2. The fourth-order valence-electron chi connectivity index (χ4n) is 3.25. The molecule has 1 amide bonds. The van der Waals surface area contributed by atoms with Gasteiger partial charge < -0.3 is 0 Å². The predicted molar refractivity (Wildman–Crippen MR) is 83.0 cm³/mol. The average Bonchev–Trinajstić information content (AvgIpc) is 3.05. The molecule has 2 heterocycles. The Labute approximate surface area is 128 Å². The Hall–Kier alpha value is -2.75. The molecule has 2 aromatic rings. The van der Waals surface area contributed by atoms with Crippen LogP contribution < -0.4 is 4.90 Å². The lowest BCUT2D eigenvalue weighted by Gasteiger charge is -2.38. The number of aromatic nitrogens is 1. The van der Waals surface area contributed by atoms with Crippen molar-refractivity contribution in [1.29, 1.82) is 0 Å². The standard InChI is InChI=1S/C18H14N2O2/c21-15-14-9-6-12-19-16(14)20(13-7-2-1-3-8-13)17(22)18(15)10-4-5-11-18/h1-9,12H,10-11H2. The van der Waals surface area contributed by atoms with Gasteiger partial charge in [0.2, 0.25) is 5.91 Å². The van der Waals surface area contributed by atoms with Gasteiger partial charge in [-0.15, -0.1) is 0 Å². The monoisotopic (exact) mass is 290 g/mol. The molecule has 108 valence electrons. The number of rotatable bonds is 1. The van der Waals surface area contributed by atoms with Gasteiger partial charge in [0.25, 0.3) is 0 Å². The second-order valence-corrected chi connectivity index (χ2v) is 5.64. The number of amides is 1. The summed E-state index contributed by atoms with van der Waals surface area (Å²) in [6, 6.07) is 12.9. The molecule has 0 radical (unpaired) electrons. The Morgan fingerprint density at radius 3 is 2.41 bits per heavy atom. The van der Waals surface area contributed by atoms with Gasteiger partial charge in [-0.25, -0.2) is 4.98 Å². The molecule has 0 saturated heterocycles. The lowest BCUT2D eigenvalue weighted by molar-refractivity contribution is -0.125. The minimum Gasteiger partial charge on any atom is -0.293 e. The van der Waals surface area contributed by atoms with Gasteiger partial charge in [-0.1, -0.05) is 30.4 Å². The molecule has 4 heteroatoms. The molecule has 1 aliphatic heterocycles. The van der Waals surface area contributed by atoms with E-state index < -0.39 is 5.41 Å². The van der Waals surface area contributed by atoms with Crippen LogP contribution >= 0.6 is 0 Å². The number of para-hydroxylation sites is 1. The number of allylic oxidation sites excluding steroid dienone is 2. The Bertz CT molecular complexity index is 788. The van der Waals surface area contributed by atoms with Crippen LogP contribution in [0.25, 0.3) is 0 Å². The van der Waals surface area contributed by atoms with Crippen molar-refractivity contribution in [2.24, 2.45) is 5.41 Å². The summed E-state index contributed by atoms with van der Waals surface area (Å²) in [5.74, 6) is 0.138. The van der Waals surface area contributed by atoms with Gasteiger partial charge in [-0.2, -0.15) is 0 Å². The number of anilines is 2. The highest BCUT2D eigenvalue weighted by molar-refractivity contribution is 6.26. The SMILES string of the molecule is O=C1c2cccnc2N(c2ccccc2)C(=O)C12CC=CC2. The van der Waals surface area contributed by atoms with Crippen molar-refractivity contribution in [2.75, 3.05) is 4.90 Å². The summed E-state index contributed by atoms with van der Waals surface area (Å²) < 4.78 is 0. The molecule has 1 aliphatic carbocycles. The van der Waals surface area contributed by atoms with Gasteiger partial charge in [0.1, 0.15) is 5.41 Å². The smallest absolute Gasteiger partial charge is 0.247 e. The van der Waals surface area contributed by atoms with E-state index in [0.717, 1.165) is 5.69 Å². The minimum absolute atomic E-state index is 0.113. The molecular formula is C18H14N2O2. The molecule has 0 fully saturated rings. The van der Waals surface area contributed by atoms with Gasteiger partial charge in [-0.3, -0.25) is 14.5 Å². The number of carbonyl (C=O) groups is 2. The van der Waals surface area contributed by atoms with E-state index in [9.17, 15) is 9.59 Å². The summed E-state index contributed by atoms with van der Waals surface area (Å²) in [6.07, 6.45) is 6.37. The number of carbonyl (C=O) groups excluding carboxylic acids is 2. The van der Waals surface area contributed by atoms with Gasteiger partial charge in [0.05, 0.1) is 11.3 Å². The van der Waals surface area contributed by atoms with E-state index in [1.807, 2.05) is 42.5 Å². The molecule has 1 aromatic carbocycles. The number of pyridine rings is 1. The largest absolute Gasteiger partial charge is 0.293 e. The van der Waals surface area contributed by atoms with Crippen LogP contribution in [-0.4, -0.2) is 16.7 Å². The quantitative estimate of drug-likeness (QED) is 0.598. The van der Waals surface area contributed by atoms with Crippen molar-refractivity contribution >= 4 is 23.2 Å². The molecule has 1 aromatic heterocycles. The zero-order valence-corrected chi connectivity index (χ0v) is 11.9. The Kier molecular flexibility index (Phi) is 2.73. The maximum atomic E-state index is 13.1. The molecule has 1 spiro atoms. The zero-order chi connectivity index (χ0) is 15.2. The van der Waals surface area contributed by atoms with Crippen molar-refractivity contribution in [3.63, 3.8) is 0 Å². The van der Waals surface area contributed by atoms with E-state index in [0.29, 0.717) is 24.2 Å². The number of ketones is 1. The van der Waals surface area contributed by atoms with Crippen molar-refractivity contribution in [3.05, 3.63) is 66.4 Å². The van der Waals surface area contributed by atoms with Crippen LogP contribution in [0.2, 0.25) is 0 Å². The number of fused-ring (bicyclic) bond motifs is 1. The highest BCUT2D eigenvalue weighted by Crippen LogP contribution is 2.46. The fraction of sp³-hybridized carbons (Fsp3) is 0.167. The first-order valence-electron chi connectivity index (χ1n) is 7.28. The molecule has 0 atom stereocenters.